The van der Waals surface area contributed by atoms with E-state index >= 15 is 0 Å². The molecule has 0 radical (unpaired) electrons. The summed E-state index contributed by atoms with van der Waals surface area (Å²) in [6, 6.07) is 10.9. The molecule has 3 nitrogen and oxygen atoms in total. The summed E-state index contributed by atoms with van der Waals surface area (Å²) in [6.07, 6.45) is -4.53. The van der Waals surface area contributed by atoms with Crippen LogP contribution in [0.15, 0.2) is 42.5 Å². The summed E-state index contributed by atoms with van der Waals surface area (Å²) in [5.41, 5.74) is 0.511. The van der Waals surface area contributed by atoms with Gasteiger partial charge in [0.1, 0.15) is 0 Å². The fourth-order valence-electron chi connectivity index (χ4n) is 3.38. The largest absolute Gasteiger partial charge is 0.417 e. The number of nitrogens with zero attached hydrogens (tertiary/aromatic N) is 2. The Morgan fingerprint density at radius 1 is 1.00 bits per heavy atom. The molecule has 1 saturated heterocycles. The number of piperazine rings is 1. The zero-order chi connectivity index (χ0) is 20.5. The summed E-state index contributed by atoms with van der Waals surface area (Å²) in [5, 5.41) is -0.341. The molecule has 28 heavy (non-hydrogen) atoms. The van der Waals surface area contributed by atoms with E-state index in [1.807, 2.05) is 0 Å². The summed E-state index contributed by atoms with van der Waals surface area (Å²) in [5.74, 6) is -0.102. The number of halogens is 4. The minimum atomic E-state index is -4.53. The summed E-state index contributed by atoms with van der Waals surface area (Å²) >= 11 is 5.70. The van der Waals surface area contributed by atoms with Crippen LogP contribution >= 0.6 is 11.6 Å². The molecule has 2 aromatic carbocycles. The lowest BCUT2D eigenvalue weighted by atomic mass is 10.00. The van der Waals surface area contributed by atoms with Gasteiger partial charge >= 0.3 is 6.18 Å². The van der Waals surface area contributed by atoms with Crippen LogP contribution in [0.4, 0.5) is 13.2 Å². The molecule has 1 fully saturated rings. The number of carbonyl (C=O) groups is 1. The van der Waals surface area contributed by atoms with Gasteiger partial charge in [-0.05, 0) is 49.2 Å². The van der Waals surface area contributed by atoms with Crippen molar-refractivity contribution in [2.45, 2.75) is 26.1 Å². The van der Waals surface area contributed by atoms with Gasteiger partial charge in [-0.3, -0.25) is 9.69 Å². The third-order valence-corrected chi connectivity index (χ3v) is 5.38. The van der Waals surface area contributed by atoms with Crippen molar-refractivity contribution in [1.82, 2.24) is 9.80 Å². The predicted octanol–water partition coefficient (Wildman–Crippen LogP) is 5.19. The third-order valence-electron chi connectivity index (χ3n) is 5.05. The fraction of sp³-hybridized carbons (Fsp3) is 0.381. The van der Waals surface area contributed by atoms with Gasteiger partial charge < -0.3 is 4.90 Å². The van der Waals surface area contributed by atoms with Crippen LogP contribution in [-0.2, 0) is 6.18 Å². The number of benzene rings is 2. The third kappa shape index (κ3) is 4.50. The molecule has 1 heterocycles. The molecular formula is C21H22ClF3N2O. The second-order valence-electron chi connectivity index (χ2n) is 7.20. The van der Waals surface area contributed by atoms with Crippen LogP contribution in [0.25, 0.3) is 11.1 Å². The summed E-state index contributed by atoms with van der Waals surface area (Å²) in [6.45, 7) is 7.16. The Kier molecular flexibility index (Phi) is 6.01. The molecule has 7 heteroatoms. The van der Waals surface area contributed by atoms with Crippen molar-refractivity contribution in [1.29, 1.82) is 0 Å². The Bertz CT molecular complexity index is 859. The molecule has 1 aliphatic heterocycles. The molecular weight excluding hydrogens is 389 g/mol. The Labute approximate surface area is 167 Å². The molecule has 0 bridgehead atoms. The van der Waals surface area contributed by atoms with E-state index in [1.54, 1.807) is 29.2 Å². The summed E-state index contributed by atoms with van der Waals surface area (Å²) < 4.78 is 39.4. The Balaban J connectivity index is 1.82. The first kappa shape index (κ1) is 20.7. The van der Waals surface area contributed by atoms with Crippen LogP contribution < -0.4 is 0 Å². The minimum absolute atomic E-state index is 0.102. The number of rotatable bonds is 3. The number of hydrogen-bond acceptors (Lipinski definition) is 2. The maximum atomic E-state index is 13.1. The van der Waals surface area contributed by atoms with Gasteiger partial charge in [0, 0.05) is 37.8 Å². The van der Waals surface area contributed by atoms with Crippen molar-refractivity contribution < 1.29 is 18.0 Å². The van der Waals surface area contributed by atoms with E-state index < -0.39 is 11.7 Å². The zero-order valence-corrected chi connectivity index (χ0v) is 16.5. The highest BCUT2D eigenvalue weighted by atomic mass is 35.5. The lowest BCUT2D eigenvalue weighted by molar-refractivity contribution is -0.137. The van der Waals surface area contributed by atoms with Gasteiger partial charge in [-0.1, -0.05) is 29.8 Å². The normalized spacial score (nSPS) is 15.9. The molecule has 150 valence electrons. The number of carbonyl (C=O) groups excluding carboxylic acids is 1. The van der Waals surface area contributed by atoms with E-state index in [0.29, 0.717) is 35.8 Å². The van der Waals surface area contributed by atoms with Crippen LogP contribution in [0.3, 0.4) is 0 Å². The lowest BCUT2D eigenvalue weighted by Crippen LogP contribution is -2.50. The van der Waals surface area contributed by atoms with Crippen molar-refractivity contribution in [3.63, 3.8) is 0 Å². The highest BCUT2D eigenvalue weighted by Gasteiger charge is 2.33. The Hall–Kier alpha value is -2.05. The molecule has 1 aliphatic rings. The van der Waals surface area contributed by atoms with Crippen LogP contribution in [0.2, 0.25) is 5.02 Å². The first-order valence-electron chi connectivity index (χ1n) is 9.17. The Morgan fingerprint density at radius 2 is 1.64 bits per heavy atom. The number of alkyl halides is 3. The van der Waals surface area contributed by atoms with Gasteiger partial charge in [-0.2, -0.15) is 13.2 Å². The number of hydrogen-bond donors (Lipinski definition) is 0. The lowest BCUT2D eigenvalue weighted by Gasteiger charge is -2.37. The highest BCUT2D eigenvalue weighted by molar-refractivity contribution is 6.31. The van der Waals surface area contributed by atoms with E-state index in [9.17, 15) is 18.0 Å². The molecule has 1 amide bonds. The van der Waals surface area contributed by atoms with Crippen LogP contribution in [-0.4, -0.2) is 47.9 Å². The monoisotopic (exact) mass is 410 g/mol. The van der Waals surface area contributed by atoms with Gasteiger partial charge in [0.05, 0.1) is 10.6 Å². The van der Waals surface area contributed by atoms with Crippen molar-refractivity contribution in [3.8, 4) is 11.1 Å². The summed E-state index contributed by atoms with van der Waals surface area (Å²) in [4.78, 5) is 17.0. The molecule has 0 saturated carbocycles. The SMILES string of the molecule is CC(C)N1CCN(C(=O)c2cccc(-c3ccc(Cl)c(C(F)(F)F)c3)c2)CC1. The molecule has 3 rings (SSSR count). The predicted molar refractivity (Wildman–Crippen MR) is 105 cm³/mol. The van der Waals surface area contributed by atoms with E-state index in [4.69, 9.17) is 11.6 Å². The second kappa shape index (κ2) is 8.13. The molecule has 0 aliphatic carbocycles. The molecule has 0 atom stereocenters. The van der Waals surface area contributed by atoms with Crippen LogP contribution in [0.5, 0.6) is 0 Å². The van der Waals surface area contributed by atoms with E-state index in [2.05, 4.69) is 18.7 Å². The fourth-order valence-corrected chi connectivity index (χ4v) is 3.60. The molecule has 0 spiro atoms. The molecule has 0 N–H and O–H groups in total. The highest BCUT2D eigenvalue weighted by Crippen LogP contribution is 2.37. The van der Waals surface area contributed by atoms with E-state index in [0.717, 1.165) is 19.2 Å². The minimum Gasteiger partial charge on any atom is -0.336 e. The van der Waals surface area contributed by atoms with Crippen LogP contribution in [0, 0.1) is 0 Å². The average molecular weight is 411 g/mol. The maximum Gasteiger partial charge on any atom is 0.417 e. The summed E-state index contributed by atoms with van der Waals surface area (Å²) in [7, 11) is 0. The quantitative estimate of drug-likeness (QED) is 0.695. The van der Waals surface area contributed by atoms with Gasteiger partial charge in [0.2, 0.25) is 0 Å². The van der Waals surface area contributed by atoms with Crippen molar-refractivity contribution in [2.75, 3.05) is 26.2 Å². The number of amides is 1. The Morgan fingerprint density at radius 3 is 2.25 bits per heavy atom. The van der Waals surface area contributed by atoms with Crippen LogP contribution in [0.1, 0.15) is 29.8 Å². The van der Waals surface area contributed by atoms with Gasteiger partial charge in [-0.15, -0.1) is 0 Å². The zero-order valence-electron chi connectivity index (χ0n) is 15.8. The first-order chi connectivity index (χ1) is 13.2. The second-order valence-corrected chi connectivity index (χ2v) is 7.60. The topological polar surface area (TPSA) is 23.6 Å². The maximum absolute atomic E-state index is 13.1. The van der Waals surface area contributed by atoms with E-state index in [1.165, 1.54) is 12.1 Å². The smallest absolute Gasteiger partial charge is 0.336 e. The van der Waals surface area contributed by atoms with Gasteiger partial charge in [0.15, 0.2) is 0 Å². The van der Waals surface area contributed by atoms with Gasteiger partial charge in [0.25, 0.3) is 5.91 Å². The molecule has 0 unspecified atom stereocenters. The van der Waals surface area contributed by atoms with E-state index in [-0.39, 0.29) is 10.9 Å². The van der Waals surface area contributed by atoms with Crippen molar-refractivity contribution in [3.05, 3.63) is 58.6 Å². The van der Waals surface area contributed by atoms with Crippen molar-refractivity contribution in [2.24, 2.45) is 0 Å². The molecule has 2 aromatic rings. The standard InChI is InChI=1S/C21H22ClF3N2O/c1-14(2)26-8-10-27(11-9-26)20(28)17-5-3-4-15(12-17)16-6-7-19(22)18(13-16)21(23,24)25/h3-7,12-14H,8-11H2,1-2H3. The first-order valence-corrected chi connectivity index (χ1v) is 9.55. The van der Waals surface area contributed by atoms with Crippen molar-refractivity contribution >= 4 is 17.5 Å². The average Bonchev–Trinajstić information content (AvgIpc) is 2.67. The van der Waals surface area contributed by atoms with Gasteiger partial charge in [-0.25, -0.2) is 0 Å². The molecule has 0 aromatic heterocycles.